The van der Waals surface area contributed by atoms with Crippen LogP contribution in [0.25, 0.3) is 0 Å². The van der Waals surface area contributed by atoms with E-state index in [0.717, 1.165) is 10.8 Å². The molecule has 19 nitrogen and oxygen atoms in total. The standard InChI is InChI=1S/C9H17N3O16P4/c10-7-1-2-12(9(13)11-7)8-3-5(26-29(14,15)16)6(25-8)4-24-31(20,21)28-32(22,23)27-30(17,18)19/h1-2,5-6,8H,3-4H2,(H,20,21)(H,22,23)(H2,10,11,13)(H2,14,15,16)(H2,17,18,19)/t5?,6-,8-/m1/s1. The molecule has 1 aromatic rings. The third-order valence-corrected chi connectivity index (χ3v) is 7.78. The van der Waals surface area contributed by atoms with Crippen LogP contribution < -0.4 is 11.4 Å². The van der Waals surface area contributed by atoms with Crippen molar-refractivity contribution in [3.05, 3.63) is 22.7 Å². The molecule has 1 fully saturated rings. The summed E-state index contributed by atoms with van der Waals surface area (Å²) in [6, 6.07) is 1.21. The zero-order valence-electron chi connectivity index (χ0n) is 15.3. The number of nitrogens with zero attached hydrogens (tertiary/aromatic N) is 2. The second-order valence-electron chi connectivity index (χ2n) is 5.93. The van der Waals surface area contributed by atoms with Gasteiger partial charge in [-0.05, 0) is 6.07 Å². The molecular weight excluding hydrogens is 530 g/mol. The van der Waals surface area contributed by atoms with E-state index in [4.69, 9.17) is 34.9 Å². The predicted molar refractivity (Wildman–Crippen MR) is 98.2 cm³/mol. The number of nitrogens with two attached hydrogens (primary N) is 1. The maximum absolute atomic E-state index is 11.9. The number of rotatable bonds is 10. The molecule has 184 valence electrons. The molecule has 3 unspecified atom stereocenters. The molecule has 2 heterocycles. The molecule has 5 atom stereocenters. The van der Waals surface area contributed by atoms with Gasteiger partial charge in [0, 0.05) is 12.6 Å². The van der Waals surface area contributed by atoms with E-state index in [1.807, 2.05) is 0 Å². The van der Waals surface area contributed by atoms with E-state index >= 15 is 0 Å². The van der Waals surface area contributed by atoms with E-state index in [2.05, 4.69) is 22.7 Å². The summed E-state index contributed by atoms with van der Waals surface area (Å²) in [5, 5.41) is 0. The highest BCUT2D eigenvalue weighted by atomic mass is 31.3. The third kappa shape index (κ3) is 8.83. The second-order valence-corrected chi connectivity index (χ2v) is 11.5. The minimum atomic E-state index is -5.78. The Morgan fingerprint density at radius 3 is 2.22 bits per heavy atom. The average molecular weight is 547 g/mol. The molecule has 0 aromatic carbocycles. The predicted octanol–water partition coefficient (Wildman–Crippen LogP) is -1.07. The number of hydrogen-bond donors (Lipinski definition) is 7. The lowest BCUT2D eigenvalue weighted by Gasteiger charge is -2.21. The van der Waals surface area contributed by atoms with Gasteiger partial charge in [-0.25, -0.2) is 23.1 Å². The van der Waals surface area contributed by atoms with Crippen LogP contribution in [-0.2, 0) is 40.7 Å². The SMILES string of the molecule is Nc1ccn([C@H]2CC(OP(=O)(O)O)[C@@H](COP(=O)(O)OP(=O)(O)OP(=O)(O)O)O2)c(=O)n1. The molecule has 8 N–H and O–H groups in total. The molecule has 0 radical (unpaired) electrons. The van der Waals surface area contributed by atoms with Crippen LogP contribution in [0.15, 0.2) is 17.1 Å². The molecule has 1 saturated heterocycles. The van der Waals surface area contributed by atoms with E-state index < -0.39 is 62.0 Å². The fourth-order valence-corrected chi connectivity index (χ4v) is 6.03. The van der Waals surface area contributed by atoms with Gasteiger partial charge in [0.1, 0.15) is 24.3 Å². The smallest absolute Gasteiger partial charge is 0.383 e. The molecule has 0 amide bonds. The topological polar surface area (TPSA) is 297 Å². The first-order valence-electron chi connectivity index (χ1n) is 7.88. The van der Waals surface area contributed by atoms with Gasteiger partial charge in [0.15, 0.2) is 0 Å². The molecule has 0 bridgehead atoms. The normalized spacial score (nSPS) is 25.9. The number of phosphoric ester groups is 2. The fourth-order valence-electron chi connectivity index (χ4n) is 2.42. The Balaban J connectivity index is 2.15. The van der Waals surface area contributed by atoms with Crippen LogP contribution in [-0.4, -0.2) is 57.7 Å². The van der Waals surface area contributed by atoms with Crippen molar-refractivity contribution in [1.29, 1.82) is 0 Å². The van der Waals surface area contributed by atoms with Gasteiger partial charge in [-0.1, -0.05) is 0 Å². The highest BCUT2D eigenvalue weighted by Gasteiger charge is 2.45. The van der Waals surface area contributed by atoms with Crippen molar-refractivity contribution in [2.75, 3.05) is 12.3 Å². The van der Waals surface area contributed by atoms with Gasteiger partial charge in [0.25, 0.3) is 0 Å². The number of hydrogen-bond acceptors (Lipinski definition) is 12. The number of aromatic nitrogens is 2. The minimum absolute atomic E-state index is 0.128. The van der Waals surface area contributed by atoms with Crippen LogP contribution in [0.5, 0.6) is 0 Å². The van der Waals surface area contributed by atoms with Crippen LogP contribution in [0.3, 0.4) is 0 Å². The summed E-state index contributed by atoms with van der Waals surface area (Å²) >= 11 is 0. The molecule has 32 heavy (non-hydrogen) atoms. The zero-order chi connectivity index (χ0) is 24.5. The first-order chi connectivity index (χ1) is 14.4. The summed E-state index contributed by atoms with van der Waals surface area (Å²) in [5.74, 6) is -0.128. The van der Waals surface area contributed by atoms with Crippen molar-refractivity contribution in [3.8, 4) is 0 Å². The molecule has 0 spiro atoms. The molecular formula is C9H17N3O16P4. The molecule has 1 aliphatic rings. The molecule has 0 aliphatic carbocycles. The van der Waals surface area contributed by atoms with Crippen molar-refractivity contribution in [2.45, 2.75) is 24.9 Å². The molecule has 0 saturated carbocycles. The summed E-state index contributed by atoms with van der Waals surface area (Å²) < 4.78 is 67.2. The van der Waals surface area contributed by atoms with Gasteiger partial charge in [-0.15, -0.1) is 0 Å². The van der Waals surface area contributed by atoms with Gasteiger partial charge in [-0.3, -0.25) is 13.6 Å². The number of nitrogen functional groups attached to an aromatic ring is 1. The summed E-state index contributed by atoms with van der Waals surface area (Å²) in [6.07, 6.45) is -3.57. The minimum Gasteiger partial charge on any atom is -0.383 e. The van der Waals surface area contributed by atoms with Gasteiger partial charge < -0.3 is 39.8 Å². The Bertz CT molecular complexity index is 1080. The quantitative estimate of drug-likeness (QED) is 0.172. The van der Waals surface area contributed by atoms with Gasteiger partial charge in [0.05, 0.1) is 6.61 Å². The summed E-state index contributed by atoms with van der Waals surface area (Å²) in [6.45, 7) is -1.07. The molecule has 1 aromatic heterocycles. The Morgan fingerprint density at radius 1 is 1.06 bits per heavy atom. The highest BCUT2D eigenvalue weighted by Crippen LogP contribution is 2.66. The van der Waals surface area contributed by atoms with Crippen molar-refractivity contribution in [2.24, 2.45) is 0 Å². The third-order valence-electron chi connectivity index (χ3n) is 3.43. The molecule has 23 heteroatoms. The van der Waals surface area contributed by atoms with Crippen LogP contribution >= 0.6 is 31.3 Å². The Kier molecular flexibility index (Phi) is 8.39. The number of anilines is 1. The number of ether oxygens (including phenoxy) is 1. The van der Waals surface area contributed by atoms with Crippen molar-refractivity contribution >= 4 is 37.1 Å². The van der Waals surface area contributed by atoms with E-state index in [9.17, 15) is 27.9 Å². The average Bonchev–Trinajstić information content (AvgIpc) is 2.90. The van der Waals surface area contributed by atoms with Gasteiger partial charge in [0.2, 0.25) is 0 Å². The Hall–Kier alpha value is -0.840. The Morgan fingerprint density at radius 2 is 1.69 bits per heavy atom. The second kappa shape index (κ2) is 9.80. The van der Waals surface area contributed by atoms with Crippen LogP contribution in [0.4, 0.5) is 5.82 Å². The molecule has 1 aliphatic heterocycles. The van der Waals surface area contributed by atoms with Crippen LogP contribution in [0.2, 0.25) is 0 Å². The lowest BCUT2D eigenvalue weighted by Crippen LogP contribution is -2.29. The van der Waals surface area contributed by atoms with E-state index in [1.54, 1.807) is 0 Å². The highest BCUT2D eigenvalue weighted by molar-refractivity contribution is 7.66. The first-order valence-corrected chi connectivity index (χ1v) is 13.9. The maximum atomic E-state index is 11.9. The molecule has 2 rings (SSSR count). The van der Waals surface area contributed by atoms with Crippen molar-refractivity contribution in [3.63, 3.8) is 0 Å². The zero-order valence-corrected chi connectivity index (χ0v) is 18.9. The summed E-state index contributed by atoms with van der Waals surface area (Å²) in [7, 11) is -22.1. The maximum Gasteiger partial charge on any atom is 0.490 e. The van der Waals surface area contributed by atoms with E-state index in [0.29, 0.717) is 0 Å². The lowest BCUT2D eigenvalue weighted by molar-refractivity contribution is -0.0442. The monoisotopic (exact) mass is 547 g/mol. The van der Waals surface area contributed by atoms with Gasteiger partial charge >= 0.3 is 37.0 Å². The summed E-state index contributed by atoms with van der Waals surface area (Å²) in [4.78, 5) is 69.0. The van der Waals surface area contributed by atoms with Crippen molar-refractivity contribution < 1.29 is 70.0 Å². The Labute approximate surface area is 177 Å². The summed E-state index contributed by atoms with van der Waals surface area (Å²) in [5.41, 5.74) is 4.46. The lowest BCUT2D eigenvalue weighted by atomic mass is 10.2. The van der Waals surface area contributed by atoms with Crippen LogP contribution in [0, 0.1) is 0 Å². The largest absolute Gasteiger partial charge is 0.490 e. The fraction of sp³-hybridized carbons (Fsp3) is 0.556. The number of phosphoric acid groups is 4. The van der Waals surface area contributed by atoms with E-state index in [1.165, 1.54) is 6.07 Å². The van der Waals surface area contributed by atoms with Crippen LogP contribution in [0.1, 0.15) is 12.6 Å². The first kappa shape index (κ1) is 27.4. The van der Waals surface area contributed by atoms with Gasteiger partial charge in [-0.2, -0.15) is 13.6 Å². The van der Waals surface area contributed by atoms with E-state index in [-0.39, 0.29) is 12.2 Å². The van der Waals surface area contributed by atoms with Crippen molar-refractivity contribution in [1.82, 2.24) is 9.55 Å².